The number of rotatable bonds is 4. The monoisotopic (exact) mass is 315 g/mol. The van der Waals surface area contributed by atoms with E-state index in [1.165, 1.54) is 5.56 Å². The highest BCUT2D eigenvalue weighted by molar-refractivity contribution is 7.92. The SMILES string of the molecule is Cc1ccc(C2C(CN)C2S(=O)(=O)c2ccc(C)cc2)cc1. The molecule has 0 saturated heterocycles. The molecule has 0 aromatic heterocycles. The fraction of sp³-hybridized carbons (Fsp3) is 0.333. The zero-order valence-electron chi connectivity index (χ0n) is 12.9. The first-order valence-electron chi connectivity index (χ1n) is 7.52. The first-order chi connectivity index (χ1) is 10.4. The zero-order valence-corrected chi connectivity index (χ0v) is 13.7. The lowest BCUT2D eigenvalue weighted by atomic mass is 10.1. The normalized spacial score (nSPS) is 24.2. The van der Waals surface area contributed by atoms with Gasteiger partial charge in [0.05, 0.1) is 10.1 Å². The maximum atomic E-state index is 12.9. The molecule has 22 heavy (non-hydrogen) atoms. The van der Waals surface area contributed by atoms with Crippen molar-refractivity contribution in [1.82, 2.24) is 0 Å². The number of nitrogens with two attached hydrogens (primary N) is 1. The Labute approximate surface area is 132 Å². The van der Waals surface area contributed by atoms with E-state index in [-0.39, 0.29) is 11.8 Å². The van der Waals surface area contributed by atoms with Gasteiger partial charge in [0, 0.05) is 5.92 Å². The molecule has 3 unspecified atom stereocenters. The minimum atomic E-state index is -3.33. The third kappa shape index (κ3) is 2.57. The van der Waals surface area contributed by atoms with Gasteiger partial charge in [-0.2, -0.15) is 0 Å². The second-order valence-electron chi connectivity index (χ2n) is 6.16. The lowest BCUT2D eigenvalue weighted by Crippen LogP contribution is -2.13. The van der Waals surface area contributed by atoms with Crippen LogP contribution in [0, 0.1) is 19.8 Å². The molecule has 0 heterocycles. The molecule has 0 aliphatic heterocycles. The van der Waals surface area contributed by atoms with Gasteiger partial charge in [-0.25, -0.2) is 8.42 Å². The molecule has 0 radical (unpaired) electrons. The maximum absolute atomic E-state index is 12.9. The van der Waals surface area contributed by atoms with Crippen molar-refractivity contribution in [1.29, 1.82) is 0 Å². The van der Waals surface area contributed by atoms with Crippen molar-refractivity contribution in [2.75, 3.05) is 6.54 Å². The predicted octanol–water partition coefficient (Wildman–Crippen LogP) is 2.82. The van der Waals surface area contributed by atoms with Gasteiger partial charge in [-0.1, -0.05) is 47.5 Å². The Bertz CT molecular complexity index is 764. The first kappa shape index (κ1) is 15.3. The van der Waals surface area contributed by atoms with Crippen LogP contribution in [0.5, 0.6) is 0 Å². The summed E-state index contributed by atoms with van der Waals surface area (Å²) in [5.74, 6) is 0.0194. The van der Waals surface area contributed by atoms with Crippen LogP contribution in [0.2, 0.25) is 0 Å². The number of sulfone groups is 1. The summed E-state index contributed by atoms with van der Waals surface area (Å²) in [5, 5.41) is -0.400. The van der Waals surface area contributed by atoms with Gasteiger partial charge < -0.3 is 5.73 Å². The van der Waals surface area contributed by atoms with E-state index in [2.05, 4.69) is 0 Å². The molecule has 0 spiro atoms. The summed E-state index contributed by atoms with van der Waals surface area (Å²) in [7, 11) is -3.33. The molecule has 4 heteroatoms. The number of hydrogen-bond donors (Lipinski definition) is 1. The number of hydrogen-bond acceptors (Lipinski definition) is 3. The molecule has 3 rings (SSSR count). The van der Waals surface area contributed by atoms with Crippen molar-refractivity contribution in [2.45, 2.75) is 29.9 Å². The van der Waals surface area contributed by atoms with Gasteiger partial charge in [0.2, 0.25) is 0 Å². The highest BCUT2D eigenvalue weighted by Gasteiger charge is 2.57. The second kappa shape index (κ2) is 5.52. The van der Waals surface area contributed by atoms with Gasteiger partial charge in [-0.05, 0) is 44.0 Å². The van der Waals surface area contributed by atoms with Gasteiger partial charge in [-0.15, -0.1) is 0 Å². The van der Waals surface area contributed by atoms with E-state index in [0.717, 1.165) is 11.1 Å². The molecule has 116 valence electrons. The van der Waals surface area contributed by atoms with Gasteiger partial charge in [0.25, 0.3) is 0 Å². The Kier molecular flexibility index (Phi) is 3.83. The van der Waals surface area contributed by atoms with Gasteiger partial charge in [-0.3, -0.25) is 0 Å². The third-order valence-corrected chi connectivity index (χ3v) is 6.83. The van der Waals surface area contributed by atoms with Crippen molar-refractivity contribution in [3.63, 3.8) is 0 Å². The van der Waals surface area contributed by atoms with E-state index in [1.54, 1.807) is 12.1 Å². The minimum Gasteiger partial charge on any atom is -0.330 e. The third-order valence-electron chi connectivity index (χ3n) is 4.54. The van der Waals surface area contributed by atoms with Gasteiger partial charge >= 0.3 is 0 Å². The largest absolute Gasteiger partial charge is 0.330 e. The molecule has 2 N–H and O–H groups in total. The smallest absolute Gasteiger partial charge is 0.182 e. The molecule has 3 atom stereocenters. The van der Waals surface area contributed by atoms with Crippen molar-refractivity contribution in [3.05, 3.63) is 65.2 Å². The molecule has 1 fully saturated rings. The highest BCUT2D eigenvalue weighted by Crippen LogP contribution is 2.53. The van der Waals surface area contributed by atoms with Crippen LogP contribution in [0.15, 0.2) is 53.4 Å². The van der Waals surface area contributed by atoms with Crippen LogP contribution in [0.25, 0.3) is 0 Å². The van der Waals surface area contributed by atoms with E-state index in [9.17, 15) is 8.42 Å². The standard InChI is InChI=1S/C18H21NO2S/c1-12-3-7-14(8-4-12)17-16(11-19)18(17)22(20,21)15-9-5-13(2)6-10-15/h3-10,16-18H,11,19H2,1-2H3. The molecule has 1 saturated carbocycles. The molecule has 2 aromatic carbocycles. The van der Waals surface area contributed by atoms with E-state index >= 15 is 0 Å². The van der Waals surface area contributed by atoms with Crippen molar-refractivity contribution >= 4 is 9.84 Å². The molecule has 0 bridgehead atoms. The molecule has 3 nitrogen and oxygen atoms in total. The Morgan fingerprint density at radius 3 is 1.91 bits per heavy atom. The molecular formula is C18H21NO2S. The fourth-order valence-electron chi connectivity index (χ4n) is 3.16. The maximum Gasteiger partial charge on any atom is 0.182 e. The van der Waals surface area contributed by atoms with E-state index in [1.807, 2.05) is 50.2 Å². The van der Waals surface area contributed by atoms with Crippen LogP contribution < -0.4 is 5.73 Å². The van der Waals surface area contributed by atoms with E-state index < -0.39 is 15.1 Å². The number of aryl methyl sites for hydroxylation is 2. The van der Waals surface area contributed by atoms with Crippen molar-refractivity contribution in [3.8, 4) is 0 Å². The van der Waals surface area contributed by atoms with Crippen LogP contribution >= 0.6 is 0 Å². The Hall–Kier alpha value is -1.65. The number of benzene rings is 2. The topological polar surface area (TPSA) is 60.2 Å². The van der Waals surface area contributed by atoms with Crippen LogP contribution in [0.3, 0.4) is 0 Å². The van der Waals surface area contributed by atoms with Crippen molar-refractivity contribution in [2.24, 2.45) is 11.7 Å². The lowest BCUT2D eigenvalue weighted by Gasteiger charge is -2.05. The molecular weight excluding hydrogens is 294 g/mol. The average Bonchev–Trinajstić information content (AvgIpc) is 3.24. The molecule has 1 aliphatic carbocycles. The average molecular weight is 315 g/mol. The van der Waals surface area contributed by atoms with Gasteiger partial charge in [0.1, 0.15) is 0 Å². The molecule has 1 aliphatic rings. The fourth-order valence-corrected chi connectivity index (χ4v) is 5.38. The van der Waals surface area contributed by atoms with Gasteiger partial charge in [0.15, 0.2) is 9.84 Å². The molecule has 2 aromatic rings. The summed E-state index contributed by atoms with van der Waals surface area (Å²) in [6, 6.07) is 15.2. The highest BCUT2D eigenvalue weighted by atomic mass is 32.2. The summed E-state index contributed by atoms with van der Waals surface area (Å²) in [5.41, 5.74) is 9.12. The van der Waals surface area contributed by atoms with Crippen LogP contribution in [0.4, 0.5) is 0 Å². The van der Waals surface area contributed by atoms with E-state index in [0.29, 0.717) is 11.4 Å². The Morgan fingerprint density at radius 1 is 0.909 bits per heavy atom. The summed E-state index contributed by atoms with van der Waals surface area (Å²) < 4.78 is 25.7. The summed E-state index contributed by atoms with van der Waals surface area (Å²) in [4.78, 5) is 0.399. The summed E-state index contributed by atoms with van der Waals surface area (Å²) in [6.07, 6.45) is 0. The van der Waals surface area contributed by atoms with Crippen LogP contribution in [0.1, 0.15) is 22.6 Å². The summed E-state index contributed by atoms with van der Waals surface area (Å²) >= 11 is 0. The minimum absolute atomic E-state index is 0.00834. The van der Waals surface area contributed by atoms with Crippen LogP contribution in [-0.4, -0.2) is 20.2 Å². The second-order valence-corrected chi connectivity index (χ2v) is 8.26. The van der Waals surface area contributed by atoms with Crippen molar-refractivity contribution < 1.29 is 8.42 Å². The zero-order chi connectivity index (χ0) is 15.9. The Balaban J connectivity index is 1.93. The first-order valence-corrected chi connectivity index (χ1v) is 9.07. The van der Waals surface area contributed by atoms with Crippen LogP contribution in [-0.2, 0) is 9.84 Å². The lowest BCUT2D eigenvalue weighted by molar-refractivity contribution is 0.591. The molecule has 0 amide bonds. The quantitative estimate of drug-likeness (QED) is 0.944. The van der Waals surface area contributed by atoms with E-state index in [4.69, 9.17) is 5.73 Å². The summed E-state index contributed by atoms with van der Waals surface area (Å²) in [6.45, 7) is 4.37. The Morgan fingerprint density at radius 2 is 1.41 bits per heavy atom. The predicted molar refractivity (Wildman–Crippen MR) is 88.6 cm³/mol.